The van der Waals surface area contributed by atoms with Crippen LogP contribution in [0.1, 0.15) is 110 Å². The Morgan fingerprint density at radius 3 is 2.05 bits per heavy atom. The number of benzene rings is 2. The predicted molar refractivity (Wildman–Crippen MR) is 191 cm³/mol. The van der Waals surface area contributed by atoms with E-state index >= 15 is 0 Å². The van der Waals surface area contributed by atoms with Gasteiger partial charge < -0.3 is 20.3 Å². The summed E-state index contributed by atoms with van der Waals surface area (Å²) < 4.78 is 9.53. The molecule has 2 aromatic carbocycles. The molecule has 7 heteroatoms. The molecule has 0 radical (unpaired) electrons. The van der Waals surface area contributed by atoms with Crippen LogP contribution in [0.25, 0.3) is 0 Å². The van der Waals surface area contributed by atoms with Gasteiger partial charge in [-0.2, -0.15) is 0 Å². The Morgan fingerprint density at radius 1 is 0.909 bits per heavy atom. The Labute approximate surface area is 273 Å². The molecule has 2 rings (SSSR count). The maximum absolute atomic E-state index is 12.5. The number of aliphatic hydroxyl groups is 1. The van der Waals surface area contributed by atoms with E-state index in [1.165, 1.54) is 5.56 Å². The maximum Gasteiger partial charge on any atom is 0.224 e. The molecule has 44 heavy (non-hydrogen) atoms. The van der Waals surface area contributed by atoms with E-state index in [0.717, 1.165) is 36.0 Å². The van der Waals surface area contributed by atoms with Crippen molar-refractivity contribution in [2.45, 2.75) is 118 Å². The Kier molecular flexibility index (Phi) is 28.4. The van der Waals surface area contributed by atoms with Gasteiger partial charge in [-0.15, -0.1) is 0 Å². The van der Waals surface area contributed by atoms with Crippen molar-refractivity contribution in [3.05, 3.63) is 95.1 Å². The summed E-state index contributed by atoms with van der Waals surface area (Å²) in [6, 6.07) is 17.9. The second-order valence-corrected chi connectivity index (χ2v) is 10.7. The van der Waals surface area contributed by atoms with Crippen LogP contribution >= 0.6 is 12.0 Å². The fourth-order valence-electron chi connectivity index (χ4n) is 4.01. The lowest BCUT2D eigenvalue weighted by molar-refractivity contribution is -0.122. The van der Waals surface area contributed by atoms with E-state index in [0.29, 0.717) is 12.0 Å². The number of carbonyl (C=O) groups is 2. The van der Waals surface area contributed by atoms with Gasteiger partial charge in [0.2, 0.25) is 11.8 Å². The topological polar surface area (TPSA) is 98.7 Å². The molecule has 0 aromatic heterocycles. The molecule has 0 aliphatic carbocycles. The molecule has 0 heterocycles. The van der Waals surface area contributed by atoms with Crippen molar-refractivity contribution in [3.8, 4) is 0 Å². The highest BCUT2D eigenvalue weighted by atomic mass is 32.2. The maximum atomic E-state index is 12.5. The fraction of sp³-hybridized carbons (Fsp3) is 0.514. The van der Waals surface area contributed by atoms with Crippen molar-refractivity contribution in [1.82, 2.24) is 10.6 Å². The summed E-state index contributed by atoms with van der Waals surface area (Å²) >= 11 is 0.706. The number of hydrogen-bond acceptors (Lipinski definition) is 5. The Hall–Kier alpha value is -2.87. The van der Waals surface area contributed by atoms with Crippen LogP contribution in [-0.4, -0.2) is 39.4 Å². The van der Waals surface area contributed by atoms with Gasteiger partial charge >= 0.3 is 0 Å². The normalized spacial score (nSPS) is 12.7. The lowest BCUT2D eigenvalue weighted by Gasteiger charge is -2.25. The molecular weight excluding hydrogens is 568 g/mol. The van der Waals surface area contributed by atoms with Crippen molar-refractivity contribution >= 4 is 23.9 Å². The zero-order valence-corrected chi connectivity index (χ0v) is 29.5. The van der Waals surface area contributed by atoms with E-state index in [1.807, 2.05) is 104 Å². The van der Waals surface area contributed by atoms with Crippen LogP contribution in [-0.2, 0) is 16.0 Å². The number of nitrogens with one attached hydrogen (secondary N) is 2. The van der Waals surface area contributed by atoms with Gasteiger partial charge in [0.25, 0.3) is 0 Å². The minimum atomic E-state index is -0.809. The van der Waals surface area contributed by atoms with E-state index in [1.54, 1.807) is 0 Å². The zero-order valence-electron chi connectivity index (χ0n) is 28.7. The summed E-state index contributed by atoms with van der Waals surface area (Å²) in [5.41, 5.74) is 4.36. The molecule has 4 N–H and O–H groups in total. The first-order valence-electron chi connectivity index (χ1n) is 16.2. The SMILES string of the molecule is CC.CC.CC/C=C\C(=C/CC)CC(=O)NCC(O)CCC(=O)NC(c1ccccc1C)C(C)SO.CCc1ccccc1. The molecule has 0 spiro atoms. The number of allylic oxidation sites excluding steroid dienone is 3. The summed E-state index contributed by atoms with van der Waals surface area (Å²) in [5, 5.41) is 15.7. The molecule has 0 aliphatic heterocycles. The number of aliphatic hydroxyl groups excluding tert-OH is 1. The van der Waals surface area contributed by atoms with E-state index < -0.39 is 6.10 Å². The lowest BCUT2D eigenvalue weighted by atomic mass is 9.98. The van der Waals surface area contributed by atoms with E-state index in [9.17, 15) is 19.2 Å². The standard InChI is InChI=1S/C25H38N2O4S.C8H10.2C2H6/c1-5-7-12-20(10-6-2)16-24(30)26-17-21(28)14-15-23(29)27-25(19(4)32-31)22-13-9-8-11-18(22)3;1-2-8-6-4-3-5-7-8;2*1-2/h7-13,19,21,25,28,31H,5-6,14-17H2,1-4H3,(H,26,30)(H,27,29);3-7H,2H2,1H3;2*1-2H3/b12-7-,20-10+;;;. The van der Waals surface area contributed by atoms with Gasteiger partial charge in [-0.1, -0.05) is 121 Å². The van der Waals surface area contributed by atoms with Gasteiger partial charge in [0.05, 0.1) is 23.8 Å². The van der Waals surface area contributed by atoms with Crippen LogP contribution in [0.5, 0.6) is 0 Å². The molecular formula is C37H60N2O4S. The van der Waals surface area contributed by atoms with Crippen molar-refractivity contribution in [2.24, 2.45) is 0 Å². The summed E-state index contributed by atoms with van der Waals surface area (Å²) in [6.07, 6.45) is 8.72. The Balaban J connectivity index is 0. The van der Waals surface area contributed by atoms with Crippen molar-refractivity contribution in [3.63, 3.8) is 0 Å². The van der Waals surface area contributed by atoms with Gasteiger partial charge in [0.1, 0.15) is 0 Å². The quantitative estimate of drug-likeness (QED) is 0.117. The highest BCUT2D eigenvalue weighted by Crippen LogP contribution is 2.27. The smallest absolute Gasteiger partial charge is 0.224 e. The highest BCUT2D eigenvalue weighted by Gasteiger charge is 2.23. The van der Waals surface area contributed by atoms with Crippen LogP contribution in [0, 0.1) is 6.92 Å². The second kappa shape index (κ2) is 28.9. The van der Waals surface area contributed by atoms with Gasteiger partial charge in [-0.25, -0.2) is 0 Å². The van der Waals surface area contributed by atoms with Crippen LogP contribution in [0.3, 0.4) is 0 Å². The monoisotopic (exact) mass is 628 g/mol. The molecule has 0 saturated carbocycles. The molecule has 0 aliphatic rings. The van der Waals surface area contributed by atoms with Crippen LogP contribution in [0.2, 0.25) is 0 Å². The second-order valence-electron chi connectivity index (χ2n) is 9.72. The number of amides is 2. The number of carbonyl (C=O) groups excluding carboxylic acids is 2. The van der Waals surface area contributed by atoms with Crippen molar-refractivity contribution in [1.29, 1.82) is 0 Å². The summed E-state index contributed by atoms with van der Waals surface area (Å²) in [5.74, 6) is -0.357. The summed E-state index contributed by atoms with van der Waals surface area (Å²) in [7, 11) is 0. The number of rotatable bonds is 15. The third-order valence-corrected chi connectivity index (χ3v) is 6.97. The summed E-state index contributed by atoms with van der Waals surface area (Å²) in [6.45, 7) is 18.1. The first-order valence-corrected chi connectivity index (χ1v) is 17.1. The summed E-state index contributed by atoms with van der Waals surface area (Å²) in [4.78, 5) is 24.7. The molecule has 2 amide bonds. The van der Waals surface area contributed by atoms with Crippen LogP contribution < -0.4 is 10.6 Å². The van der Waals surface area contributed by atoms with Gasteiger partial charge in [-0.05, 0) is 73.8 Å². The predicted octanol–water partition coefficient (Wildman–Crippen LogP) is 9.00. The molecule has 3 unspecified atom stereocenters. The van der Waals surface area contributed by atoms with Crippen LogP contribution in [0.4, 0.5) is 0 Å². The van der Waals surface area contributed by atoms with E-state index in [-0.39, 0.29) is 48.9 Å². The third-order valence-electron chi connectivity index (χ3n) is 6.36. The Bertz CT molecular complexity index is 1060. The average molecular weight is 629 g/mol. The number of aryl methyl sites for hydroxylation is 2. The van der Waals surface area contributed by atoms with Crippen molar-refractivity contribution in [2.75, 3.05) is 6.54 Å². The van der Waals surface area contributed by atoms with Crippen LogP contribution in [0.15, 0.2) is 78.4 Å². The third kappa shape index (κ3) is 20.2. The fourth-order valence-corrected chi connectivity index (χ4v) is 4.35. The molecule has 0 fully saturated rings. The van der Waals surface area contributed by atoms with Crippen molar-refractivity contribution < 1.29 is 19.2 Å². The number of hydrogen-bond donors (Lipinski definition) is 4. The molecule has 2 aromatic rings. The minimum absolute atomic E-state index is 0.104. The highest BCUT2D eigenvalue weighted by molar-refractivity contribution is 7.94. The molecule has 248 valence electrons. The largest absolute Gasteiger partial charge is 0.391 e. The van der Waals surface area contributed by atoms with E-state index in [4.69, 9.17) is 0 Å². The zero-order chi connectivity index (χ0) is 33.8. The van der Waals surface area contributed by atoms with Gasteiger partial charge in [0.15, 0.2) is 0 Å². The average Bonchev–Trinajstić information content (AvgIpc) is 3.06. The minimum Gasteiger partial charge on any atom is -0.391 e. The molecule has 6 nitrogen and oxygen atoms in total. The first-order chi connectivity index (χ1) is 21.2. The first kappa shape index (κ1) is 43.3. The van der Waals surface area contributed by atoms with E-state index in [2.05, 4.69) is 41.8 Å². The molecule has 0 saturated heterocycles. The van der Waals surface area contributed by atoms with Gasteiger partial charge in [-0.3, -0.25) is 9.59 Å². The molecule has 3 atom stereocenters. The molecule has 0 bridgehead atoms. The van der Waals surface area contributed by atoms with Gasteiger partial charge in [0, 0.05) is 13.0 Å². The lowest BCUT2D eigenvalue weighted by Crippen LogP contribution is -2.36. The Morgan fingerprint density at radius 2 is 1.52 bits per heavy atom.